The van der Waals surface area contributed by atoms with Gasteiger partial charge in [0.25, 0.3) is 0 Å². The van der Waals surface area contributed by atoms with Gasteiger partial charge in [-0.15, -0.1) is 0 Å². The number of halogens is 3. The standard InChI is InChI=1S/C24H29F3N4O/c1-2-22(32)31(21-9-8-20(16-28-21)24(25,26)27)18-23(10-11-23)30-14-12-29(13-15-30)17-19-6-4-3-5-7-19/h3-9,16H,2,10-15,17-18H2,1H3. The number of amides is 1. The zero-order chi connectivity index (χ0) is 22.8. The summed E-state index contributed by atoms with van der Waals surface area (Å²) in [4.78, 5) is 23.1. The number of nitrogens with zero attached hydrogens (tertiary/aromatic N) is 4. The van der Waals surface area contributed by atoms with Crippen molar-refractivity contribution in [1.82, 2.24) is 14.8 Å². The molecule has 0 radical (unpaired) electrons. The Bertz CT molecular complexity index is 905. The van der Waals surface area contributed by atoms with Crippen LogP contribution in [0.3, 0.4) is 0 Å². The summed E-state index contributed by atoms with van der Waals surface area (Å²) >= 11 is 0. The van der Waals surface area contributed by atoms with E-state index in [1.807, 2.05) is 6.07 Å². The minimum absolute atomic E-state index is 0.103. The number of carbonyl (C=O) groups is 1. The molecule has 0 unspecified atom stereocenters. The van der Waals surface area contributed by atoms with Gasteiger partial charge in [0.2, 0.25) is 5.91 Å². The van der Waals surface area contributed by atoms with Gasteiger partial charge in [0.15, 0.2) is 0 Å². The number of hydrogen-bond acceptors (Lipinski definition) is 4. The first kappa shape index (κ1) is 22.7. The Kier molecular flexibility index (Phi) is 6.53. The maximum atomic E-state index is 12.9. The molecular formula is C24H29F3N4O. The van der Waals surface area contributed by atoms with Crippen molar-refractivity contribution in [2.75, 3.05) is 37.6 Å². The average molecular weight is 447 g/mol. The molecule has 172 valence electrons. The molecule has 4 rings (SSSR count). The Morgan fingerprint density at radius 3 is 2.28 bits per heavy atom. The maximum absolute atomic E-state index is 12.9. The fourth-order valence-corrected chi connectivity index (χ4v) is 4.44. The largest absolute Gasteiger partial charge is 0.417 e. The van der Waals surface area contributed by atoms with Crippen LogP contribution in [0.4, 0.5) is 19.0 Å². The van der Waals surface area contributed by atoms with Crippen LogP contribution < -0.4 is 4.90 Å². The lowest BCUT2D eigenvalue weighted by molar-refractivity contribution is -0.137. The van der Waals surface area contributed by atoms with Crippen LogP contribution in [0.2, 0.25) is 0 Å². The molecule has 5 nitrogen and oxygen atoms in total. The molecule has 2 heterocycles. The summed E-state index contributed by atoms with van der Waals surface area (Å²) in [7, 11) is 0. The second-order valence-corrected chi connectivity index (χ2v) is 8.71. The molecular weight excluding hydrogens is 417 g/mol. The van der Waals surface area contributed by atoms with Crippen LogP contribution in [-0.4, -0.2) is 59.0 Å². The third kappa shape index (κ3) is 5.13. The quantitative estimate of drug-likeness (QED) is 0.639. The first-order valence-corrected chi connectivity index (χ1v) is 11.2. The van der Waals surface area contributed by atoms with Crippen LogP contribution in [0.1, 0.15) is 37.3 Å². The lowest BCUT2D eigenvalue weighted by Gasteiger charge is -2.41. The molecule has 1 saturated carbocycles. The maximum Gasteiger partial charge on any atom is 0.417 e. The summed E-state index contributed by atoms with van der Waals surface area (Å²) in [6.07, 6.45) is -1.38. The van der Waals surface area contributed by atoms with Crippen LogP contribution in [0.25, 0.3) is 0 Å². The summed E-state index contributed by atoms with van der Waals surface area (Å²) in [5, 5.41) is 0. The van der Waals surface area contributed by atoms with E-state index >= 15 is 0 Å². The molecule has 8 heteroatoms. The van der Waals surface area contributed by atoms with Gasteiger partial charge in [-0.05, 0) is 30.5 Å². The topological polar surface area (TPSA) is 39.7 Å². The Morgan fingerprint density at radius 2 is 1.75 bits per heavy atom. The van der Waals surface area contributed by atoms with E-state index in [-0.39, 0.29) is 17.9 Å². The SMILES string of the molecule is CCC(=O)N(CC1(N2CCN(Cc3ccccc3)CC2)CC1)c1ccc(C(F)(F)F)cn1. The van der Waals surface area contributed by atoms with Gasteiger partial charge < -0.3 is 0 Å². The van der Waals surface area contributed by atoms with Gasteiger partial charge in [0.05, 0.1) is 5.56 Å². The second kappa shape index (κ2) is 9.19. The summed E-state index contributed by atoms with van der Waals surface area (Å²) in [6, 6.07) is 12.7. The van der Waals surface area contributed by atoms with Gasteiger partial charge in [0, 0.05) is 57.4 Å². The third-order valence-electron chi connectivity index (χ3n) is 6.53. The number of aromatic nitrogens is 1. The molecule has 1 amide bonds. The molecule has 1 aliphatic carbocycles. The zero-order valence-corrected chi connectivity index (χ0v) is 18.3. The number of anilines is 1. The molecule has 2 aromatic rings. The Morgan fingerprint density at radius 1 is 1.06 bits per heavy atom. The molecule has 0 N–H and O–H groups in total. The van der Waals surface area contributed by atoms with Crippen molar-refractivity contribution >= 4 is 11.7 Å². The highest BCUT2D eigenvalue weighted by molar-refractivity contribution is 5.92. The highest BCUT2D eigenvalue weighted by atomic mass is 19.4. The van der Waals surface area contributed by atoms with Crippen LogP contribution >= 0.6 is 0 Å². The summed E-state index contributed by atoms with van der Waals surface area (Å²) in [6.45, 7) is 6.91. The fraction of sp³-hybridized carbons (Fsp3) is 0.500. The normalized spacial score (nSPS) is 19.0. The van der Waals surface area contributed by atoms with E-state index < -0.39 is 11.7 Å². The highest BCUT2D eigenvalue weighted by Crippen LogP contribution is 2.43. The average Bonchev–Trinajstić information content (AvgIpc) is 3.58. The molecule has 1 aromatic heterocycles. The first-order chi connectivity index (χ1) is 15.3. The minimum Gasteiger partial charge on any atom is -0.297 e. The number of carbonyl (C=O) groups excluding carboxylic acids is 1. The zero-order valence-electron chi connectivity index (χ0n) is 18.3. The summed E-state index contributed by atoms with van der Waals surface area (Å²) in [5.74, 6) is 0.171. The first-order valence-electron chi connectivity index (χ1n) is 11.2. The third-order valence-corrected chi connectivity index (χ3v) is 6.53. The molecule has 1 aliphatic heterocycles. The van der Waals surface area contributed by atoms with Gasteiger partial charge in [-0.25, -0.2) is 4.98 Å². The summed E-state index contributed by atoms with van der Waals surface area (Å²) < 4.78 is 38.7. The number of benzene rings is 1. The molecule has 1 aromatic carbocycles. The van der Waals surface area contributed by atoms with Crippen LogP contribution in [0.5, 0.6) is 0 Å². The molecule has 0 atom stereocenters. The highest BCUT2D eigenvalue weighted by Gasteiger charge is 2.50. The van der Waals surface area contributed by atoms with Crippen LogP contribution in [0.15, 0.2) is 48.7 Å². The van der Waals surface area contributed by atoms with Gasteiger partial charge in [-0.1, -0.05) is 37.3 Å². The predicted octanol–water partition coefficient (Wildman–Crippen LogP) is 4.19. The van der Waals surface area contributed by atoms with Gasteiger partial charge in [-0.3, -0.25) is 19.5 Å². The van der Waals surface area contributed by atoms with E-state index in [0.29, 0.717) is 12.4 Å². The molecule has 0 spiro atoms. The van der Waals surface area contributed by atoms with E-state index in [0.717, 1.165) is 57.8 Å². The van der Waals surface area contributed by atoms with Gasteiger partial charge in [0.1, 0.15) is 5.82 Å². The van der Waals surface area contributed by atoms with E-state index in [2.05, 4.69) is 39.0 Å². The number of hydrogen-bond donors (Lipinski definition) is 0. The van der Waals surface area contributed by atoms with Crippen molar-refractivity contribution in [2.45, 2.75) is 44.4 Å². The number of alkyl halides is 3. The predicted molar refractivity (Wildman–Crippen MR) is 117 cm³/mol. The Hall–Kier alpha value is -2.45. The van der Waals surface area contributed by atoms with E-state index in [1.54, 1.807) is 11.8 Å². The Balaban J connectivity index is 1.41. The molecule has 32 heavy (non-hydrogen) atoms. The van der Waals surface area contributed by atoms with Crippen molar-refractivity contribution < 1.29 is 18.0 Å². The van der Waals surface area contributed by atoms with E-state index in [1.165, 1.54) is 11.6 Å². The fourth-order valence-electron chi connectivity index (χ4n) is 4.44. The second-order valence-electron chi connectivity index (χ2n) is 8.71. The van der Waals surface area contributed by atoms with E-state index in [9.17, 15) is 18.0 Å². The van der Waals surface area contributed by atoms with Crippen molar-refractivity contribution in [2.24, 2.45) is 0 Å². The lowest BCUT2D eigenvalue weighted by atomic mass is 10.1. The number of piperazine rings is 1. The van der Waals surface area contributed by atoms with Crippen molar-refractivity contribution in [3.8, 4) is 0 Å². The lowest BCUT2D eigenvalue weighted by Crippen LogP contribution is -2.55. The number of pyridine rings is 1. The van der Waals surface area contributed by atoms with Gasteiger partial charge in [-0.2, -0.15) is 13.2 Å². The minimum atomic E-state index is -4.44. The van der Waals surface area contributed by atoms with Crippen LogP contribution in [0, 0.1) is 0 Å². The van der Waals surface area contributed by atoms with Crippen LogP contribution in [-0.2, 0) is 17.5 Å². The monoisotopic (exact) mass is 446 g/mol. The molecule has 2 aliphatic rings. The molecule has 2 fully saturated rings. The van der Waals surface area contributed by atoms with E-state index in [4.69, 9.17) is 0 Å². The summed E-state index contributed by atoms with van der Waals surface area (Å²) in [5.41, 5.74) is 0.393. The molecule has 1 saturated heterocycles. The Labute approximate surface area is 186 Å². The van der Waals surface area contributed by atoms with Gasteiger partial charge >= 0.3 is 6.18 Å². The smallest absolute Gasteiger partial charge is 0.297 e. The van der Waals surface area contributed by atoms with Crippen molar-refractivity contribution in [1.29, 1.82) is 0 Å². The van der Waals surface area contributed by atoms with Crippen molar-refractivity contribution in [3.05, 3.63) is 59.8 Å². The van der Waals surface area contributed by atoms with Crippen molar-refractivity contribution in [3.63, 3.8) is 0 Å². The number of rotatable bonds is 7. The molecule has 0 bridgehead atoms.